The van der Waals surface area contributed by atoms with Gasteiger partial charge in [-0.1, -0.05) is 23.8 Å². The summed E-state index contributed by atoms with van der Waals surface area (Å²) in [6.45, 7) is 3.77. The van der Waals surface area contributed by atoms with Gasteiger partial charge < -0.3 is 5.73 Å². The van der Waals surface area contributed by atoms with Crippen LogP contribution in [-0.4, -0.2) is 24.5 Å². The second-order valence-electron chi connectivity index (χ2n) is 3.77. The van der Waals surface area contributed by atoms with E-state index in [1.807, 2.05) is 20.9 Å². The van der Waals surface area contributed by atoms with Gasteiger partial charge in [-0.3, -0.25) is 4.68 Å². The maximum absolute atomic E-state index is 6.20. The van der Waals surface area contributed by atoms with Gasteiger partial charge in [0.25, 0.3) is 0 Å². The summed E-state index contributed by atoms with van der Waals surface area (Å²) in [5, 5.41) is 9.10. The van der Waals surface area contributed by atoms with Gasteiger partial charge in [0.2, 0.25) is 0 Å². The summed E-state index contributed by atoms with van der Waals surface area (Å²) in [7, 11) is 1.83. The standard InChI is InChI=1S/C10H12ClN5S/c1-5-7(9(12)17)4-13-16(5)10-8(11)6(2)15(3)14-10/h4H,1-3H3,(H2,12,17). The molecule has 0 radical (unpaired) electrons. The van der Waals surface area contributed by atoms with Crippen LogP contribution in [0, 0.1) is 13.8 Å². The molecule has 0 atom stereocenters. The number of rotatable bonds is 2. The molecule has 0 fully saturated rings. The van der Waals surface area contributed by atoms with E-state index in [1.165, 1.54) is 0 Å². The number of thiocarbonyl (C=S) groups is 1. The van der Waals surface area contributed by atoms with E-state index in [0.717, 1.165) is 17.0 Å². The zero-order valence-electron chi connectivity index (χ0n) is 9.73. The molecule has 2 aromatic heterocycles. The van der Waals surface area contributed by atoms with E-state index < -0.39 is 0 Å². The van der Waals surface area contributed by atoms with Gasteiger partial charge in [0, 0.05) is 7.05 Å². The summed E-state index contributed by atoms with van der Waals surface area (Å²) in [4.78, 5) is 0.317. The topological polar surface area (TPSA) is 61.7 Å². The average Bonchev–Trinajstić information content (AvgIpc) is 2.75. The van der Waals surface area contributed by atoms with Crippen LogP contribution in [0.25, 0.3) is 5.82 Å². The number of hydrogen-bond acceptors (Lipinski definition) is 3. The van der Waals surface area contributed by atoms with Crippen LogP contribution < -0.4 is 5.73 Å². The van der Waals surface area contributed by atoms with Crippen molar-refractivity contribution < 1.29 is 0 Å². The zero-order chi connectivity index (χ0) is 12.7. The molecular weight excluding hydrogens is 258 g/mol. The Morgan fingerprint density at radius 2 is 2.06 bits per heavy atom. The molecule has 2 N–H and O–H groups in total. The molecule has 0 aliphatic heterocycles. The first-order valence-corrected chi connectivity index (χ1v) is 5.76. The molecule has 90 valence electrons. The molecule has 2 heterocycles. The predicted octanol–water partition coefficient (Wildman–Crippen LogP) is 1.51. The molecule has 0 amide bonds. The van der Waals surface area contributed by atoms with Crippen molar-refractivity contribution in [3.8, 4) is 5.82 Å². The Labute approximate surface area is 109 Å². The van der Waals surface area contributed by atoms with E-state index in [1.54, 1.807) is 15.6 Å². The van der Waals surface area contributed by atoms with Gasteiger partial charge >= 0.3 is 0 Å². The summed E-state index contributed by atoms with van der Waals surface area (Å²) in [5.74, 6) is 0.590. The minimum atomic E-state index is 0.317. The largest absolute Gasteiger partial charge is 0.389 e. The molecule has 0 bridgehead atoms. The highest BCUT2D eigenvalue weighted by atomic mass is 35.5. The lowest BCUT2D eigenvalue weighted by Crippen LogP contribution is -2.11. The number of halogens is 1. The van der Waals surface area contributed by atoms with Crippen LogP contribution in [0.4, 0.5) is 0 Å². The van der Waals surface area contributed by atoms with Crippen LogP contribution in [0.15, 0.2) is 6.20 Å². The molecule has 0 unspecified atom stereocenters. The van der Waals surface area contributed by atoms with E-state index in [0.29, 0.717) is 15.8 Å². The van der Waals surface area contributed by atoms with Crippen molar-refractivity contribution in [3.05, 3.63) is 28.2 Å². The Kier molecular flexibility index (Phi) is 2.92. The predicted molar refractivity (Wildman–Crippen MR) is 70.7 cm³/mol. The van der Waals surface area contributed by atoms with Crippen LogP contribution in [-0.2, 0) is 7.05 Å². The molecular formula is C10H12ClN5S. The van der Waals surface area contributed by atoms with Gasteiger partial charge in [0.1, 0.15) is 10.0 Å². The Morgan fingerprint density at radius 3 is 2.47 bits per heavy atom. The third-order valence-electron chi connectivity index (χ3n) is 2.72. The maximum Gasteiger partial charge on any atom is 0.194 e. The smallest absolute Gasteiger partial charge is 0.194 e. The first kappa shape index (κ1) is 12.1. The summed E-state index contributed by atoms with van der Waals surface area (Å²) in [5.41, 5.74) is 8.05. The summed E-state index contributed by atoms with van der Waals surface area (Å²) < 4.78 is 3.35. The minimum absolute atomic E-state index is 0.317. The van der Waals surface area contributed by atoms with Gasteiger partial charge in [-0.05, 0) is 13.8 Å². The van der Waals surface area contributed by atoms with Crippen molar-refractivity contribution in [3.63, 3.8) is 0 Å². The second kappa shape index (κ2) is 4.12. The monoisotopic (exact) mass is 269 g/mol. The van der Waals surface area contributed by atoms with Crippen molar-refractivity contribution in [2.24, 2.45) is 12.8 Å². The lowest BCUT2D eigenvalue weighted by atomic mass is 10.2. The normalized spacial score (nSPS) is 10.8. The number of aryl methyl sites for hydroxylation is 1. The third kappa shape index (κ3) is 1.83. The molecule has 17 heavy (non-hydrogen) atoms. The lowest BCUT2D eigenvalue weighted by molar-refractivity contribution is 0.708. The molecule has 0 aromatic carbocycles. The maximum atomic E-state index is 6.20. The molecule has 2 rings (SSSR count). The first-order valence-electron chi connectivity index (χ1n) is 4.97. The fourth-order valence-electron chi connectivity index (χ4n) is 1.57. The fraction of sp³-hybridized carbons (Fsp3) is 0.300. The Hall–Kier alpha value is -1.40. The van der Waals surface area contributed by atoms with Crippen molar-refractivity contribution in [1.82, 2.24) is 19.6 Å². The highest BCUT2D eigenvalue weighted by Crippen LogP contribution is 2.24. The number of nitrogens with two attached hydrogens (primary N) is 1. The lowest BCUT2D eigenvalue weighted by Gasteiger charge is -2.01. The van der Waals surface area contributed by atoms with E-state index in [-0.39, 0.29) is 0 Å². The summed E-state index contributed by atoms with van der Waals surface area (Å²) in [6.07, 6.45) is 1.62. The van der Waals surface area contributed by atoms with Gasteiger partial charge in [-0.2, -0.15) is 10.2 Å². The Bertz CT molecular complexity index is 598. The van der Waals surface area contributed by atoms with Crippen molar-refractivity contribution in [2.75, 3.05) is 0 Å². The SMILES string of the molecule is Cc1c(Cl)c(-n2ncc(C(N)=S)c2C)nn1C. The molecule has 0 aliphatic rings. The molecule has 5 nitrogen and oxygen atoms in total. The average molecular weight is 270 g/mol. The van der Waals surface area contributed by atoms with Gasteiger partial charge in [0.15, 0.2) is 5.82 Å². The van der Waals surface area contributed by atoms with Gasteiger partial charge in [0.05, 0.1) is 23.1 Å². The van der Waals surface area contributed by atoms with E-state index in [9.17, 15) is 0 Å². The quantitative estimate of drug-likeness (QED) is 0.840. The molecule has 0 saturated heterocycles. The van der Waals surface area contributed by atoms with Crippen LogP contribution >= 0.6 is 23.8 Å². The zero-order valence-corrected chi connectivity index (χ0v) is 11.3. The number of aromatic nitrogens is 4. The third-order valence-corrected chi connectivity index (χ3v) is 3.38. The summed E-state index contributed by atoms with van der Waals surface area (Å²) in [6, 6.07) is 0. The minimum Gasteiger partial charge on any atom is -0.389 e. The Morgan fingerprint density at radius 1 is 1.41 bits per heavy atom. The fourth-order valence-corrected chi connectivity index (χ4v) is 2.01. The highest BCUT2D eigenvalue weighted by Gasteiger charge is 2.17. The van der Waals surface area contributed by atoms with Gasteiger partial charge in [-0.25, -0.2) is 4.68 Å². The van der Waals surface area contributed by atoms with Crippen LogP contribution in [0.2, 0.25) is 5.02 Å². The summed E-state index contributed by atoms with van der Waals surface area (Å²) >= 11 is 11.1. The first-order chi connectivity index (χ1) is 7.93. The van der Waals surface area contributed by atoms with Crippen LogP contribution in [0.5, 0.6) is 0 Å². The number of nitrogens with zero attached hydrogens (tertiary/aromatic N) is 4. The highest BCUT2D eigenvalue weighted by molar-refractivity contribution is 7.80. The van der Waals surface area contributed by atoms with Gasteiger partial charge in [-0.15, -0.1) is 0 Å². The molecule has 2 aromatic rings. The van der Waals surface area contributed by atoms with Crippen LogP contribution in [0.1, 0.15) is 17.0 Å². The second-order valence-corrected chi connectivity index (χ2v) is 4.58. The van der Waals surface area contributed by atoms with E-state index >= 15 is 0 Å². The van der Waals surface area contributed by atoms with E-state index in [2.05, 4.69) is 10.2 Å². The van der Waals surface area contributed by atoms with Crippen molar-refractivity contribution in [1.29, 1.82) is 0 Å². The van der Waals surface area contributed by atoms with Crippen molar-refractivity contribution in [2.45, 2.75) is 13.8 Å². The molecule has 0 spiro atoms. The van der Waals surface area contributed by atoms with Crippen LogP contribution in [0.3, 0.4) is 0 Å². The molecule has 7 heteroatoms. The number of hydrogen-bond donors (Lipinski definition) is 1. The van der Waals surface area contributed by atoms with E-state index in [4.69, 9.17) is 29.6 Å². The molecule has 0 saturated carbocycles. The molecule has 0 aliphatic carbocycles. The Balaban J connectivity index is 2.61. The van der Waals surface area contributed by atoms with Crippen molar-refractivity contribution >= 4 is 28.8 Å².